The number of methoxy groups -OCH3 is 1. The fourth-order valence-electron chi connectivity index (χ4n) is 1.77. The summed E-state index contributed by atoms with van der Waals surface area (Å²) in [6.45, 7) is 4.19. The van der Waals surface area contributed by atoms with Gasteiger partial charge in [-0.2, -0.15) is 0 Å². The number of unbranched alkanes of at least 4 members (excludes halogenated alkanes) is 1. The maximum Gasteiger partial charge on any atom is 0.339 e. The minimum Gasteiger partial charge on any atom is -0.497 e. The van der Waals surface area contributed by atoms with E-state index in [0.717, 1.165) is 18.2 Å². The van der Waals surface area contributed by atoms with Crippen LogP contribution in [-0.4, -0.2) is 13.7 Å². The summed E-state index contributed by atoms with van der Waals surface area (Å²) in [6, 6.07) is 6.66. The number of rotatable bonds is 6. The van der Waals surface area contributed by atoms with E-state index in [0.29, 0.717) is 23.7 Å². The molecule has 0 unspecified atom stereocenters. The molecular weight excluding hydrogens is 244 g/mol. The van der Waals surface area contributed by atoms with Gasteiger partial charge >= 0.3 is 5.63 Å². The van der Waals surface area contributed by atoms with Crippen molar-refractivity contribution in [2.75, 3.05) is 13.7 Å². The van der Waals surface area contributed by atoms with E-state index in [1.54, 1.807) is 19.2 Å². The van der Waals surface area contributed by atoms with Gasteiger partial charge in [-0.25, -0.2) is 4.79 Å². The standard InChI is InChI=1S/C15H16O4/c1-3-4-5-8-18-13-10-15(16)19-14-9-11(17-2)6-7-12(13)14/h3,6-7,9-10H,1,4-5,8H2,2H3. The van der Waals surface area contributed by atoms with E-state index in [9.17, 15) is 4.79 Å². The number of hydrogen-bond acceptors (Lipinski definition) is 4. The zero-order chi connectivity index (χ0) is 13.7. The fraction of sp³-hybridized carbons (Fsp3) is 0.267. The van der Waals surface area contributed by atoms with Gasteiger partial charge in [-0.15, -0.1) is 6.58 Å². The van der Waals surface area contributed by atoms with E-state index in [2.05, 4.69) is 6.58 Å². The first-order valence-corrected chi connectivity index (χ1v) is 6.10. The molecule has 1 aromatic heterocycles. The van der Waals surface area contributed by atoms with Crippen LogP contribution in [0.3, 0.4) is 0 Å². The predicted molar refractivity (Wildman–Crippen MR) is 74.0 cm³/mol. The lowest BCUT2D eigenvalue weighted by Crippen LogP contribution is -2.03. The van der Waals surface area contributed by atoms with Gasteiger partial charge in [0.2, 0.25) is 0 Å². The van der Waals surface area contributed by atoms with Crippen molar-refractivity contribution in [3.8, 4) is 11.5 Å². The van der Waals surface area contributed by atoms with E-state index in [4.69, 9.17) is 13.9 Å². The smallest absolute Gasteiger partial charge is 0.339 e. The molecule has 4 heteroatoms. The van der Waals surface area contributed by atoms with Gasteiger partial charge < -0.3 is 13.9 Å². The topological polar surface area (TPSA) is 48.7 Å². The van der Waals surface area contributed by atoms with Gasteiger partial charge in [-0.05, 0) is 25.0 Å². The van der Waals surface area contributed by atoms with Gasteiger partial charge in [0.15, 0.2) is 0 Å². The molecular formula is C15H16O4. The van der Waals surface area contributed by atoms with Crippen molar-refractivity contribution < 1.29 is 13.9 Å². The van der Waals surface area contributed by atoms with Gasteiger partial charge in [0, 0.05) is 6.07 Å². The highest BCUT2D eigenvalue weighted by molar-refractivity contribution is 5.84. The van der Waals surface area contributed by atoms with Crippen LogP contribution in [0.1, 0.15) is 12.8 Å². The summed E-state index contributed by atoms with van der Waals surface area (Å²) in [4.78, 5) is 11.5. The Labute approximate surface area is 111 Å². The highest BCUT2D eigenvalue weighted by atomic mass is 16.5. The molecule has 0 bridgehead atoms. The second kappa shape index (κ2) is 6.09. The molecule has 1 aromatic carbocycles. The largest absolute Gasteiger partial charge is 0.497 e. The Hall–Kier alpha value is -2.23. The molecule has 0 fully saturated rings. The SMILES string of the molecule is C=CCCCOc1cc(=O)oc2cc(OC)ccc12. The Kier molecular flexibility index (Phi) is 4.23. The van der Waals surface area contributed by atoms with Crippen molar-refractivity contribution in [1.29, 1.82) is 0 Å². The van der Waals surface area contributed by atoms with Crippen LogP contribution in [0, 0.1) is 0 Å². The summed E-state index contributed by atoms with van der Waals surface area (Å²) >= 11 is 0. The molecule has 0 amide bonds. The lowest BCUT2D eigenvalue weighted by atomic mass is 10.2. The lowest BCUT2D eigenvalue weighted by Gasteiger charge is -2.08. The highest BCUT2D eigenvalue weighted by Gasteiger charge is 2.07. The van der Waals surface area contributed by atoms with Crippen molar-refractivity contribution in [2.24, 2.45) is 0 Å². The first-order valence-electron chi connectivity index (χ1n) is 6.10. The number of hydrogen-bond donors (Lipinski definition) is 0. The van der Waals surface area contributed by atoms with E-state index < -0.39 is 5.63 Å². The van der Waals surface area contributed by atoms with Crippen LogP contribution in [0.5, 0.6) is 11.5 Å². The third-order valence-electron chi connectivity index (χ3n) is 2.72. The summed E-state index contributed by atoms with van der Waals surface area (Å²) in [5.74, 6) is 1.18. The van der Waals surface area contributed by atoms with Crippen LogP contribution < -0.4 is 15.1 Å². The van der Waals surface area contributed by atoms with Crippen LogP contribution in [-0.2, 0) is 0 Å². The Balaban J connectivity index is 2.31. The monoisotopic (exact) mass is 260 g/mol. The first kappa shape index (κ1) is 13.2. The van der Waals surface area contributed by atoms with E-state index in [-0.39, 0.29) is 0 Å². The number of benzene rings is 1. The van der Waals surface area contributed by atoms with Crippen molar-refractivity contribution in [3.63, 3.8) is 0 Å². The normalized spacial score (nSPS) is 10.4. The summed E-state index contributed by atoms with van der Waals surface area (Å²) in [5, 5.41) is 0.763. The summed E-state index contributed by atoms with van der Waals surface area (Å²) in [7, 11) is 1.56. The maximum atomic E-state index is 11.5. The molecule has 2 aromatic rings. The average molecular weight is 260 g/mol. The molecule has 0 aliphatic carbocycles. The summed E-state index contributed by atoms with van der Waals surface area (Å²) in [5.41, 5.74) is 0.0324. The second-order valence-corrected chi connectivity index (χ2v) is 4.07. The molecule has 2 rings (SSSR count). The minimum atomic E-state index is -0.431. The quantitative estimate of drug-likeness (QED) is 0.455. The minimum absolute atomic E-state index is 0.431. The number of fused-ring (bicyclic) bond motifs is 1. The maximum absolute atomic E-state index is 11.5. The van der Waals surface area contributed by atoms with Crippen LogP contribution in [0.2, 0.25) is 0 Å². The van der Waals surface area contributed by atoms with E-state index >= 15 is 0 Å². The van der Waals surface area contributed by atoms with Gasteiger partial charge in [0.25, 0.3) is 0 Å². The second-order valence-electron chi connectivity index (χ2n) is 4.07. The first-order chi connectivity index (χ1) is 9.24. The van der Waals surface area contributed by atoms with Gasteiger partial charge in [-0.3, -0.25) is 0 Å². The predicted octanol–water partition coefficient (Wildman–Crippen LogP) is 3.15. The third-order valence-corrected chi connectivity index (χ3v) is 2.72. The van der Waals surface area contributed by atoms with Crippen molar-refractivity contribution in [2.45, 2.75) is 12.8 Å². The van der Waals surface area contributed by atoms with Crippen molar-refractivity contribution in [1.82, 2.24) is 0 Å². The molecule has 0 atom stereocenters. The molecule has 0 aliphatic rings. The number of ether oxygens (including phenoxy) is 2. The molecule has 0 radical (unpaired) electrons. The number of allylic oxidation sites excluding steroid dienone is 1. The summed E-state index contributed by atoms with van der Waals surface area (Å²) in [6.07, 6.45) is 3.58. The van der Waals surface area contributed by atoms with Crippen LogP contribution in [0.4, 0.5) is 0 Å². The van der Waals surface area contributed by atoms with Crippen LogP contribution in [0.25, 0.3) is 11.0 Å². The molecule has 1 heterocycles. The van der Waals surface area contributed by atoms with Gasteiger partial charge in [0.1, 0.15) is 17.1 Å². The third kappa shape index (κ3) is 3.16. The van der Waals surface area contributed by atoms with Crippen molar-refractivity contribution in [3.05, 3.63) is 47.3 Å². The molecule has 4 nitrogen and oxygen atoms in total. The van der Waals surface area contributed by atoms with Gasteiger partial charge in [-0.1, -0.05) is 6.08 Å². The Morgan fingerprint density at radius 2 is 2.21 bits per heavy atom. The zero-order valence-electron chi connectivity index (χ0n) is 10.8. The molecule has 0 aliphatic heterocycles. The summed E-state index contributed by atoms with van der Waals surface area (Å²) < 4.78 is 15.9. The highest BCUT2D eigenvalue weighted by Crippen LogP contribution is 2.27. The molecule has 100 valence electrons. The van der Waals surface area contributed by atoms with E-state index in [1.807, 2.05) is 12.1 Å². The molecule has 0 spiro atoms. The fourth-order valence-corrected chi connectivity index (χ4v) is 1.77. The van der Waals surface area contributed by atoms with Crippen LogP contribution >= 0.6 is 0 Å². The van der Waals surface area contributed by atoms with E-state index in [1.165, 1.54) is 6.07 Å². The molecule has 0 saturated carbocycles. The lowest BCUT2D eigenvalue weighted by molar-refractivity contribution is 0.313. The Morgan fingerprint density at radius 3 is 2.95 bits per heavy atom. The zero-order valence-corrected chi connectivity index (χ0v) is 10.8. The molecule has 0 N–H and O–H groups in total. The Morgan fingerprint density at radius 1 is 1.37 bits per heavy atom. The van der Waals surface area contributed by atoms with Crippen molar-refractivity contribution >= 4 is 11.0 Å². The molecule has 19 heavy (non-hydrogen) atoms. The van der Waals surface area contributed by atoms with Gasteiger partial charge in [0.05, 0.1) is 25.2 Å². The van der Waals surface area contributed by atoms with Crippen LogP contribution in [0.15, 0.2) is 46.1 Å². The molecule has 0 saturated heterocycles. The average Bonchev–Trinajstić information content (AvgIpc) is 2.42. The Bertz CT molecular complexity index is 628.